The molecule has 3 rings (SSSR count). The zero-order chi connectivity index (χ0) is 11.9. The lowest BCUT2D eigenvalue weighted by Crippen LogP contribution is -2.39. The van der Waals surface area contributed by atoms with Crippen LogP contribution in [0.25, 0.3) is 0 Å². The SMILES string of the molecule is CC1CNCC2(CC2)CN1c1ccccc1F. The van der Waals surface area contributed by atoms with Crippen LogP contribution in [0.3, 0.4) is 0 Å². The molecule has 1 heterocycles. The quantitative estimate of drug-likeness (QED) is 0.802. The van der Waals surface area contributed by atoms with E-state index in [1.54, 1.807) is 12.1 Å². The van der Waals surface area contributed by atoms with Gasteiger partial charge < -0.3 is 10.2 Å². The molecule has 2 fully saturated rings. The second kappa shape index (κ2) is 3.98. The van der Waals surface area contributed by atoms with Gasteiger partial charge in [-0.25, -0.2) is 4.39 Å². The molecule has 1 N–H and O–H groups in total. The molecule has 0 aromatic heterocycles. The minimum atomic E-state index is -0.1000. The summed E-state index contributed by atoms with van der Waals surface area (Å²) in [6.07, 6.45) is 2.55. The number of halogens is 1. The molecule has 0 amide bonds. The van der Waals surface area contributed by atoms with E-state index >= 15 is 0 Å². The van der Waals surface area contributed by atoms with Gasteiger partial charge in [0, 0.05) is 31.1 Å². The van der Waals surface area contributed by atoms with Crippen LogP contribution in [0.5, 0.6) is 0 Å². The van der Waals surface area contributed by atoms with Gasteiger partial charge >= 0.3 is 0 Å². The van der Waals surface area contributed by atoms with E-state index in [0.717, 1.165) is 25.3 Å². The molecule has 3 heteroatoms. The van der Waals surface area contributed by atoms with Crippen molar-refractivity contribution in [1.82, 2.24) is 5.32 Å². The molecule has 1 saturated heterocycles. The smallest absolute Gasteiger partial charge is 0.146 e. The molecule has 1 spiro atoms. The second-order valence-electron chi connectivity index (χ2n) is 5.56. The molecule has 0 bridgehead atoms. The summed E-state index contributed by atoms with van der Waals surface area (Å²) in [5.74, 6) is -0.1000. The summed E-state index contributed by atoms with van der Waals surface area (Å²) in [5.41, 5.74) is 1.17. The topological polar surface area (TPSA) is 15.3 Å². The minimum absolute atomic E-state index is 0.1000. The Bertz CT molecular complexity index is 414. The number of anilines is 1. The number of hydrogen-bond acceptors (Lipinski definition) is 2. The molecule has 1 aromatic carbocycles. The molecular formula is C14H19FN2. The van der Waals surface area contributed by atoms with Crippen LogP contribution in [0, 0.1) is 11.2 Å². The van der Waals surface area contributed by atoms with Crippen molar-refractivity contribution in [3.05, 3.63) is 30.1 Å². The molecule has 2 aliphatic rings. The number of hydrogen-bond donors (Lipinski definition) is 1. The summed E-state index contributed by atoms with van der Waals surface area (Å²) in [6.45, 7) is 5.18. The highest BCUT2D eigenvalue weighted by atomic mass is 19.1. The molecule has 1 aliphatic carbocycles. The predicted molar refractivity (Wildman–Crippen MR) is 67.7 cm³/mol. The summed E-state index contributed by atoms with van der Waals surface area (Å²) >= 11 is 0. The van der Waals surface area contributed by atoms with Gasteiger partial charge in [0.1, 0.15) is 5.82 Å². The van der Waals surface area contributed by atoms with Gasteiger partial charge in [0.15, 0.2) is 0 Å². The van der Waals surface area contributed by atoms with Gasteiger partial charge in [-0.3, -0.25) is 0 Å². The van der Waals surface area contributed by atoms with Gasteiger partial charge in [0.25, 0.3) is 0 Å². The Morgan fingerprint density at radius 1 is 1.35 bits per heavy atom. The van der Waals surface area contributed by atoms with Crippen LogP contribution in [0.2, 0.25) is 0 Å². The Balaban J connectivity index is 1.91. The Hall–Kier alpha value is -1.09. The van der Waals surface area contributed by atoms with E-state index in [2.05, 4.69) is 17.1 Å². The maximum Gasteiger partial charge on any atom is 0.146 e. The summed E-state index contributed by atoms with van der Waals surface area (Å²) in [4.78, 5) is 2.24. The highest BCUT2D eigenvalue weighted by Gasteiger charge is 2.45. The zero-order valence-corrected chi connectivity index (χ0v) is 10.2. The first-order chi connectivity index (χ1) is 8.20. The van der Waals surface area contributed by atoms with Crippen molar-refractivity contribution in [3.8, 4) is 0 Å². The van der Waals surface area contributed by atoms with Crippen molar-refractivity contribution in [2.24, 2.45) is 5.41 Å². The Morgan fingerprint density at radius 3 is 2.82 bits per heavy atom. The summed E-state index contributed by atoms with van der Waals surface area (Å²) in [5, 5.41) is 3.50. The Kier molecular flexibility index (Phi) is 2.58. The number of rotatable bonds is 1. The van der Waals surface area contributed by atoms with E-state index in [0.29, 0.717) is 11.5 Å². The van der Waals surface area contributed by atoms with Crippen LogP contribution < -0.4 is 10.2 Å². The van der Waals surface area contributed by atoms with Crippen LogP contribution >= 0.6 is 0 Å². The average Bonchev–Trinajstić information content (AvgIpc) is 3.09. The lowest BCUT2D eigenvalue weighted by atomic mass is 10.1. The highest BCUT2D eigenvalue weighted by molar-refractivity contribution is 5.49. The Labute approximate surface area is 102 Å². The normalized spacial score (nSPS) is 26.9. The Morgan fingerprint density at radius 2 is 2.12 bits per heavy atom. The number of benzene rings is 1. The molecule has 1 aliphatic heterocycles. The monoisotopic (exact) mass is 234 g/mol. The zero-order valence-electron chi connectivity index (χ0n) is 10.2. The van der Waals surface area contributed by atoms with Crippen LogP contribution in [0.1, 0.15) is 19.8 Å². The molecule has 92 valence electrons. The summed E-state index contributed by atoms with van der Waals surface area (Å²) in [6, 6.07) is 7.48. The van der Waals surface area contributed by atoms with E-state index in [-0.39, 0.29) is 5.82 Å². The lowest BCUT2D eigenvalue weighted by molar-refractivity contribution is 0.497. The van der Waals surface area contributed by atoms with Gasteiger partial charge in [0.2, 0.25) is 0 Å². The van der Waals surface area contributed by atoms with E-state index < -0.39 is 0 Å². The third-order valence-corrected chi connectivity index (χ3v) is 4.10. The fourth-order valence-corrected chi connectivity index (χ4v) is 2.75. The van der Waals surface area contributed by atoms with Crippen LogP contribution in [0.4, 0.5) is 10.1 Å². The molecule has 17 heavy (non-hydrogen) atoms. The molecule has 1 saturated carbocycles. The van der Waals surface area contributed by atoms with Crippen molar-refractivity contribution in [2.45, 2.75) is 25.8 Å². The second-order valence-corrected chi connectivity index (χ2v) is 5.56. The minimum Gasteiger partial charge on any atom is -0.365 e. The average molecular weight is 234 g/mol. The van der Waals surface area contributed by atoms with Gasteiger partial charge in [-0.05, 0) is 31.9 Å². The largest absolute Gasteiger partial charge is 0.365 e. The van der Waals surface area contributed by atoms with Crippen molar-refractivity contribution in [3.63, 3.8) is 0 Å². The van der Waals surface area contributed by atoms with Crippen molar-refractivity contribution >= 4 is 5.69 Å². The van der Waals surface area contributed by atoms with Crippen molar-refractivity contribution in [1.29, 1.82) is 0 Å². The van der Waals surface area contributed by atoms with E-state index in [9.17, 15) is 4.39 Å². The third-order valence-electron chi connectivity index (χ3n) is 4.10. The highest BCUT2D eigenvalue weighted by Crippen LogP contribution is 2.47. The molecule has 1 atom stereocenters. The van der Waals surface area contributed by atoms with Crippen LogP contribution in [-0.4, -0.2) is 25.7 Å². The van der Waals surface area contributed by atoms with Gasteiger partial charge in [-0.2, -0.15) is 0 Å². The fourth-order valence-electron chi connectivity index (χ4n) is 2.75. The molecule has 1 aromatic rings. The van der Waals surface area contributed by atoms with E-state index in [1.165, 1.54) is 12.8 Å². The van der Waals surface area contributed by atoms with Crippen molar-refractivity contribution < 1.29 is 4.39 Å². The first-order valence-corrected chi connectivity index (χ1v) is 6.42. The first-order valence-electron chi connectivity index (χ1n) is 6.42. The molecular weight excluding hydrogens is 215 g/mol. The summed E-state index contributed by atoms with van der Waals surface area (Å²) < 4.78 is 13.9. The third kappa shape index (κ3) is 2.04. The fraction of sp³-hybridized carbons (Fsp3) is 0.571. The lowest BCUT2D eigenvalue weighted by Gasteiger charge is -2.31. The standard InChI is InChI=1S/C14H19FN2/c1-11-8-16-9-14(6-7-14)10-17(11)13-5-3-2-4-12(13)15/h2-5,11,16H,6-10H2,1H3. The van der Waals surface area contributed by atoms with Crippen LogP contribution in [0.15, 0.2) is 24.3 Å². The number of nitrogens with zero attached hydrogens (tertiary/aromatic N) is 1. The molecule has 2 nitrogen and oxygen atoms in total. The van der Waals surface area contributed by atoms with E-state index in [1.807, 2.05) is 12.1 Å². The molecule has 0 radical (unpaired) electrons. The van der Waals surface area contributed by atoms with Gasteiger partial charge in [-0.15, -0.1) is 0 Å². The number of nitrogens with one attached hydrogen (secondary N) is 1. The number of para-hydroxylation sites is 1. The predicted octanol–water partition coefficient (Wildman–Crippen LogP) is 2.40. The van der Waals surface area contributed by atoms with Crippen molar-refractivity contribution in [2.75, 3.05) is 24.5 Å². The van der Waals surface area contributed by atoms with E-state index in [4.69, 9.17) is 0 Å². The maximum atomic E-state index is 13.9. The maximum absolute atomic E-state index is 13.9. The molecule has 1 unspecified atom stereocenters. The van der Waals surface area contributed by atoms with Gasteiger partial charge in [-0.1, -0.05) is 12.1 Å². The summed E-state index contributed by atoms with van der Waals surface area (Å²) in [7, 11) is 0. The van der Waals surface area contributed by atoms with Gasteiger partial charge in [0.05, 0.1) is 5.69 Å². The van der Waals surface area contributed by atoms with Crippen LogP contribution in [-0.2, 0) is 0 Å². The first kappa shape index (κ1) is 11.0.